The van der Waals surface area contributed by atoms with Gasteiger partial charge >= 0.3 is 0 Å². The van der Waals surface area contributed by atoms with Crippen LogP contribution in [0, 0.1) is 0 Å². The Morgan fingerprint density at radius 2 is 1.86 bits per heavy atom. The minimum atomic E-state index is -0.597. The number of nitrogens with zero attached hydrogens (tertiary/aromatic N) is 1. The second-order valence-corrected chi connectivity index (χ2v) is 8.00. The average Bonchev–Trinajstić information content (AvgIpc) is 2.88. The molecule has 2 heterocycles. The van der Waals surface area contributed by atoms with Crippen molar-refractivity contribution in [2.24, 2.45) is 5.73 Å². The van der Waals surface area contributed by atoms with Crippen molar-refractivity contribution in [3.05, 3.63) is 114 Å². The van der Waals surface area contributed by atoms with Crippen LogP contribution in [0.4, 0.5) is 0 Å². The third-order valence-corrected chi connectivity index (χ3v) is 5.72. The monoisotopic (exact) mass is 466 g/mol. The quantitative estimate of drug-likeness (QED) is 0.356. The molecule has 0 fully saturated rings. The van der Waals surface area contributed by atoms with Gasteiger partial charge in [0.25, 0.3) is 0 Å². The van der Waals surface area contributed by atoms with Gasteiger partial charge in [0.2, 0.25) is 5.91 Å². The molecule has 0 spiro atoms. The standard InChI is InChI=1S/C29H26N2O4/c1-3-20(29(30)33)10-9-19(2)27(22-13-16-31-17-14-22)35-25-12-11-23-24(32)15-18-34-28(23)26(25)21-7-5-4-6-8-21/h3-14,16-17,27H,2,15,18H2,1H3,(H2,30,33)/b10-9-,20-3+/t27-/m0/s1. The summed E-state index contributed by atoms with van der Waals surface area (Å²) < 4.78 is 12.6. The molecular formula is C29H26N2O4. The number of carbonyl (C=O) groups excluding carboxylic acids is 2. The molecular weight excluding hydrogens is 440 g/mol. The summed E-state index contributed by atoms with van der Waals surface area (Å²) in [6.45, 7) is 6.26. The van der Waals surface area contributed by atoms with E-state index in [9.17, 15) is 9.59 Å². The highest BCUT2D eigenvalue weighted by Crippen LogP contribution is 2.44. The molecule has 1 aliphatic heterocycles. The van der Waals surface area contributed by atoms with Gasteiger partial charge in [0.05, 0.1) is 17.7 Å². The van der Waals surface area contributed by atoms with Gasteiger partial charge in [-0.05, 0) is 54.0 Å². The van der Waals surface area contributed by atoms with Crippen LogP contribution in [0.5, 0.6) is 11.5 Å². The molecule has 0 saturated carbocycles. The summed E-state index contributed by atoms with van der Waals surface area (Å²) in [6.07, 6.45) is 8.07. The maximum Gasteiger partial charge on any atom is 0.248 e. The van der Waals surface area contributed by atoms with Crippen molar-refractivity contribution in [1.82, 2.24) is 4.98 Å². The first kappa shape index (κ1) is 23.7. The van der Waals surface area contributed by atoms with Gasteiger partial charge in [-0.3, -0.25) is 14.6 Å². The number of fused-ring (bicyclic) bond motifs is 1. The number of aromatic nitrogens is 1. The van der Waals surface area contributed by atoms with Crippen LogP contribution in [0.15, 0.2) is 103 Å². The number of amides is 1. The van der Waals surface area contributed by atoms with Crippen molar-refractivity contribution in [3.8, 4) is 22.6 Å². The van der Waals surface area contributed by atoms with Gasteiger partial charge in [0.15, 0.2) is 5.78 Å². The lowest BCUT2D eigenvalue weighted by Gasteiger charge is -2.26. The fraction of sp³-hybridized carbons (Fsp3) is 0.138. The van der Waals surface area contributed by atoms with Crippen LogP contribution in [0.2, 0.25) is 0 Å². The number of carbonyl (C=O) groups is 2. The molecule has 1 aromatic heterocycles. The van der Waals surface area contributed by atoms with Crippen LogP contribution >= 0.6 is 0 Å². The summed E-state index contributed by atoms with van der Waals surface area (Å²) in [7, 11) is 0. The number of benzene rings is 2. The molecule has 35 heavy (non-hydrogen) atoms. The Bertz CT molecular complexity index is 1310. The highest BCUT2D eigenvalue weighted by atomic mass is 16.5. The second kappa shape index (κ2) is 10.7. The molecule has 1 amide bonds. The van der Waals surface area contributed by atoms with Crippen LogP contribution in [0.25, 0.3) is 11.1 Å². The van der Waals surface area contributed by atoms with E-state index in [2.05, 4.69) is 11.6 Å². The molecule has 176 valence electrons. The third-order valence-electron chi connectivity index (χ3n) is 5.72. The lowest BCUT2D eigenvalue weighted by molar-refractivity contribution is -0.114. The fourth-order valence-corrected chi connectivity index (χ4v) is 3.92. The molecule has 1 atom stereocenters. The van der Waals surface area contributed by atoms with E-state index in [1.54, 1.807) is 49.7 Å². The summed E-state index contributed by atoms with van der Waals surface area (Å²) in [4.78, 5) is 28.3. The maximum atomic E-state index is 12.6. The van der Waals surface area contributed by atoms with Gasteiger partial charge in [-0.15, -0.1) is 0 Å². The molecule has 0 bridgehead atoms. The van der Waals surface area contributed by atoms with Gasteiger partial charge in [-0.2, -0.15) is 0 Å². The number of rotatable bonds is 8. The number of primary amides is 1. The van der Waals surface area contributed by atoms with Gasteiger partial charge in [-0.25, -0.2) is 0 Å². The van der Waals surface area contributed by atoms with Crippen molar-refractivity contribution in [3.63, 3.8) is 0 Å². The Hall–Kier alpha value is -4.45. The van der Waals surface area contributed by atoms with Crippen molar-refractivity contribution >= 4 is 11.7 Å². The predicted octanol–water partition coefficient (Wildman–Crippen LogP) is 5.38. The summed E-state index contributed by atoms with van der Waals surface area (Å²) in [6, 6.07) is 16.9. The normalized spacial score (nSPS) is 14.2. The smallest absolute Gasteiger partial charge is 0.248 e. The van der Waals surface area contributed by atoms with E-state index in [0.717, 1.165) is 11.1 Å². The first-order valence-electron chi connectivity index (χ1n) is 11.3. The number of Topliss-reactive ketones (excluding diaryl/α,β-unsaturated/α-hetero) is 1. The number of hydrogen-bond acceptors (Lipinski definition) is 5. The van der Waals surface area contributed by atoms with Crippen LogP contribution in [-0.4, -0.2) is 23.3 Å². The van der Waals surface area contributed by atoms with E-state index in [4.69, 9.17) is 15.2 Å². The molecule has 2 aromatic carbocycles. The van der Waals surface area contributed by atoms with E-state index in [1.165, 1.54) is 0 Å². The number of ketones is 1. The summed E-state index contributed by atoms with van der Waals surface area (Å²) in [5, 5.41) is 0. The summed E-state index contributed by atoms with van der Waals surface area (Å²) in [5.41, 5.74) is 9.35. The Morgan fingerprint density at radius 1 is 1.11 bits per heavy atom. The van der Waals surface area contributed by atoms with Crippen LogP contribution in [0.1, 0.15) is 35.4 Å². The zero-order valence-electron chi connectivity index (χ0n) is 19.4. The molecule has 6 nitrogen and oxygen atoms in total. The van der Waals surface area contributed by atoms with E-state index < -0.39 is 12.0 Å². The molecule has 0 saturated heterocycles. The highest BCUT2D eigenvalue weighted by molar-refractivity contribution is 6.02. The lowest BCUT2D eigenvalue weighted by Crippen LogP contribution is -2.17. The Kier molecular flexibility index (Phi) is 7.21. The van der Waals surface area contributed by atoms with E-state index in [-0.39, 0.29) is 5.78 Å². The molecule has 1 aliphatic rings. The number of nitrogens with two attached hydrogens (primary N) is 1. The topological polar surface area (TPSA) is 91.5 Å². The zero-order chi connectivity index (χ0) is 24.8. The van der Waals surface area contributed by atoms with Crippen molar-refractivity contribution in [1.29, 1.82) is 0 Å². The Balaban J connectivity index is 1.80. The minimum absolute atomic E-state index is 0.0401. The molecule has 0 radical (unpaired) electrons. The summed E-state index contributed by atoms with van der Waals surface area (Å²) in [5.74, 6) is 0.575. The maximum absolute atomic E-state index is 12.6. The third kappa shape index (κ3) is 5.22. The van der Waals surface area contributed by atoms with Gasteiger partial charge in [0, 0.05) is 24.4 Å². The highest BCUT2D eigenvalue weighted by Gasteiger charge is 2.27. The van der Waals surface area contributed by atoms with Crippen LogP contribution < -0.4 is 15.2 Å². The molecule has 4 rings (SSSR count). The fourth-order valence-electron chi connectivity index (χ4n) is 3.92. The van der Waals surface area contributed by atoms with E-state index >= 15 is 0 Å². The van der Waals surface area contributed by atoms with Gasteiger partial charge in [0.1, 0.15) is 17.6 Å². The van der Waals surface area contributed by atoms with Crippen molar-refractivity contribution < 1.29 is 19.1 Å². The zero-order valence-corrected chi connectivity index (χ0v) is 19.4. The molecule has 0 unspecified atom stereocenters. The molecule has 6 heteroatoms. The van der Waals surface area contributed by atoms with Crippen molar-refractivity contribution in [2.45, 2.75) is 19.4 Å². The Labute approximate surface area is 204 Å². The first-order valence-corrected chi connectivity index (χ1v) is 11.3. The largest absolute Gasteiger partial charge is 0.492 e. The molecule has 0 aliphatic carbocycles. The van der Waals surface area contributed by atoms with Crippen molar-refractivity contribution in [2.75, 3.05) is 6.61 Å². The van der Waals surface area contributed by atoms with Crippen LogP contribution in [-0.2, 0) is 4.79 Å². The number of pyridine rings is 1. The summed E-state index contributed by atoms with van der Waals surface area (Å²) >= 11 is 0. The van der Waals surface area contributed by atoms with E-state index in [1.807, 2.05) is 42.5 Å². The van der Waals surface area contributed by atoms with Gasteiger partial charge in [-0.1, -0.05) is 49.1 Å². The second-order valence-electron chi connectivity index (χ2n) is 8.00. The lowest BCUT2D eigenvalue weighted by atomic mass is 9.95. The predicted molar refractivity (Wildman–Crippen MR) is 135 cm³/mol. The molecule has 2 N–H and O–H groups in total. The first-order chi connectivity index (χ1) is 17.0. The molecule has 3 aromatic rings. The average molecular weight is 467 g/mol. The van der Waals surface area contributed by atoms with E-state index in [0.29, 0.717) is 46.8 Å². The number of allylic oxidation sites excluding steroid dienone is 1. The van der Waals surface area contributed by atoms with Gasteiger partial charge < -0.3 is 15.2 Å². The minimum Gasteiger partial charge on any atom is -0.492 e. The number of hydrogen-bond donors (Lipinski definition) is 1. The Morgan fingerprint density at radius 3 is 2.54 bits per heavy atom. The van der Waals surface area contributed by atoms with Crippen LogP contribution in [0.3, 0.4) is 0 Å². The SMILES string of the molecule is C=C(/C=C\C(=C/C)C(N)=O)[C@H](Oc1ccc2c(c1-c1ccccc1)OCCC2=O)c1ccncc1. The number of ether oxygens (including phenoxy) is 2.